The molecular weight excluding hydrogens is 348 g/mol. The minimum absolute atomic E-state index is 0.646. The van der Waals surface area contributed by atoms with Gasteiger partial charge in [0.2, 0.25) is 0 Å². The molecule has 0 saturated carbocycles. The summed E-state index contributed by atoms with van der Waals surface area (Å²) in [5.74, 6) is 0.646. The lowest BCUT2D eigenvalue weighted by Crippen LogP contribution is -2.08. The average molecular weight is 364 g/mol. The molecule has 5 aromatic rings. The molecule has 0 bridgehead atoms. The van der Waals surface area contributed by atoms with Crippen molar-refractivity contribution in [1.82, 2.24) is 19.8 Å². The molecule has 0 unspecified atom stereocenters. The van der Waals surface area contributed by atoms with Crippen LogP contribution in [-0.4, -0.2) is 25.5 Å². The quantitative estimate of drug-likeness (QED) is 0.384. The van der Waals surface area contributed by atoms with Crippen LogP contribution in [-0.2, 0) is 0 Å². The fraction of sp³-hybridized carbons (Fsp3) is 0. The van der Waals surface area contributed by atoms with Gasteiger partial charge in [-0.25, -0.2) is 0 Å². The van der Waals surface area contributed by atoms with E-state index in [0.29, 0.717) is 5.82 Å². The number of benzene rings is 3. The molecule has 0 amide bonds. The van der Waals surface area contributed by atoms with Crippen molar-refractivity contribution in [2.24, 2.45) is 5.10 Å². The van der Waals surface area contributed by atoms with Gasteiger partial charge in [-0.15, -0.1) is 15.3 Å². The maximum atomic E-state index is 4.73. The van der Waals surface area contributed by atoms with E-state index in [4.69, 9.17) is 5.10 Å². The van der Waals surface area contributed by atoms with Crippen LogP contribution in [0.2, 0.25) is 0 Å². The van der Waals surface area contributed by atoms with E-state index in [9.17, 15) is 0 Å². The first-order valence-corrected chi connectivity index (χ1v) is 8.93. The molecule has 3 aromatic carbocycles. The van der Waals surface area contributed by atoms with Gasteiger partial charge in [0, 0.05) is 21.9 Å². The zero-order chi connectivity index (χ0) is 18.8. The molecule has 1 N–H and O–H groups in total. The van der Waals surface area contributed by atoms with Gasteiger partial charge in [-0.05, 0) is 0 Å². The molecular formula is C22H16N6. The van der Waals surface area contributed by atoms with E-state index in [1.165, 1.54) is 0 Å². The van der Waals surface area contributed by atoms with Crippen LogP contribution >= 0.6 is 0 Å². The number of hydrogen-bond donors (Lipinski definition) is 1. The number of anilines is 1. The standard InChI is InChI=1S/C22H16N6/c1-3-9-16(10-4-1)20(17-11-5-2-6-12-17)24-25-21-18-13-7-8-14-19(18)22-26-23-15-28(22)27-21/h1-15H,(H,25,27). The van der Waals surface area contributed by atoms with Crippen molar-refractivity contribution in [3.8, 4) is 0 Å². The summed E-state index contributed by atoms with van der Waals surface area (Å²) >= 11 is 0. The number of hydrogen-bond acceptors (Lipinski definition) is 5. The number of aromatic nitrogens is 4. The zero-order valence-electron chi connectivity index (χ0n) is 14.9. The Morgan fingerprint density at radius 1 is 0.750 bits per heavy atom. The number of nitrogens with one attached hydrogen (secondary N) is 1. The predicted molar refractivity (Wildman–Crippen MR) is 110 cm³/mol. The minimum atomic E-state index is 0.646. The van der Waals surface area contributed by atoms with Crippen LogP contribution in [0.5, 0.6) is 0 Å². The van der Waals surface area contributed by atoms with Gasteiger partial charge in [-0.2, -0.15) is 9.62 Å². The van der Waals surface area contributed by atoms with Gasteiger partial charge in [0.15, 0.2) is 11.5 Å². The Bertz CT molecular complexity index is 1230. The molecule has 0 fully saturated rings. The smallest absolute Gasteiger partial charge is 0.185 e. The largest absolute Gasteiger partial charge is 0.259 e. The fourth-order valence-electron chi connectivity index (χ4n) is 3.21. The Kier molecular flexibility index (Phi) is 3.99. The normalized spacial score (nSPS) is 10.9. The molecule has 6 nitrogen and oxygen atoms in total. The van der Waals surface area contributed by atoms with Crippen LogP contribution < -0.4 is 5.43 Å². The lowest BCUT2D eigenvalue weighted by Gasteiger charge is -2.10. The topological polar surface area (TPSA) is 67.5 Å². The van der Waals surface area contributed by atoms with Crippen molar-refractivity contribution >= 4 is 27.9 Å². The molecule has 0 aliphatic heterocycles. The van der Waals surface area contributed by atoms with E-state index in [1.54, 1.807) is 10.8 Å². The van der Waals surface area contributed by atoms with Crippen molar-refractivity contribution in [1.29, 1.82) is 0 Å². The first kappa shape index (κ1) is 16.1. The van der Waals surface area contributed by atoms with Crippen LogP contribution in [0.3, 0.4) is 0 Å². The Labute approximate surface area is 161 Å². The summed E-state index contributed by atoms with van der Waals surface area (Å²) in [5, 5.41) is 19.4. The molecule has 28 heavy (non-hydrogen) atoms. The molecule has 2 aromatic heterocycles. The SMILES string of the molecule is c1ccc(C(=NNc2nn3cnnc3c3ccccc23)c2ccccc2)cc1. The molecule has 0 spiro atoms. The molecule has 0 aliphatic carbocycles. The second-order valence-corrected chi connectivity index (χ2v) is 6.30. The third-order valence-electron chi connectivity index (χ3n) is 4.53. The number of fused-ring (bicyclic) bond motifs is 3. The summed E-state index contributed by atoms with van der Waals surface area (Å²) in [4.78, 5) is 0. The maximum Gasteiger partial charge on any atom is 0.185 e. The Balaban J connectivity index is 1.65. The Morgan fingerprint density at radius 3 is 2.04 bits per heavy atom. The molecule has 2 heterocycles. The van der Waals surface area contributed by atoms with E-state index in [2.05, 4.69) is 20.7 Å². The molecule has 6 heteroatoms. The van der Waals surface area contributed by atoms with Gasteiger partial charge >= 0.3 is 0 Å². The monoisotopic (exact) mass is 364 g/mol. The molecule has 0 saturated heterocycles. The van der Waals surface area contributed by atoms with Gasteiger partial charge < -0.3 is 0 Å². The molecule has 0 atom stereocenters. The first-order valence-electron chi connectivity index (χ1n) is 8.93. The van der Waals surface area contributed by atoms with Gasteiger partial charge in [-0.1, -0.05) is 84.9 Å². The summed E-state index contributed by atoms with van der Waals surface area (Å²) in [6, 6.07) is 28.1. The fourth-order valence-corrected chi connectivity index (χ4v) is 3.21. The number of hydrazone groups is 1. The second-order valence-electron chi connectivity index (χ2n) is 6.30. The first-order chi connectivity index (χ1) is 13.9. The van der Waals surface area contributed by atoms with Crippen LogP contribution in [0.15, 0.2) is 96.4 Å². The summed E-state index contributed by atoms with van der Waals surface area (Å²) < 4.78 is 1.66. The Hall–Kier alpha value is -4.06. The summed E-state index contributed by atoms with van der Waals surface area (Å²) in [7, 11) is 0. The van der Waals surface area contributed by atoms with Crippen LogP contribution in [0.25, 0.3) is 16.4 Å². The third kappa shape index (κ3) is 2.87. The molecule has 0 aliphatic rings. The van der Waals surface area contributed by atoms with Crippen molar-refractivity contribution in [3.05, 3.63) is 102 Å². The average Bonchev–Trinajstić information content (AvgIpc) is 3.24. The van der Waals surface area contributed by atoms with Crippen LogP contribution in [0, 0.1) is 0 Å². The summed E-state index contributed by atoms with van der Waals surface area (Å²) in [6.45, 7) is 0. The molecule has 5 rings (SSSR count). The summed E-state index contributed by atoms with van der Waals surface area (Å²) in [5.41, 5.74) is 6.78. The third-order valence-corrected chi connectivity index (χ3v) is 4.53. The van der Waals surface area contributed by atoms with Crippen molar-refractivity contribution in [2.75, 3.05) is 5.43 Å². The van der Waals surface area contributed by atoms with E-state index in [0.717, 1.165) is 33.3 Å². The van der Waals surface area contributed by atoms with Crippen molar-refractivity contribution in [3.63, 3.8) is 0 Å². The molecule has 0 radical (unpaired) electrons. The highest BCUT2D eigenvalue weighted by atomic mass is 15.4. The lowest BCUT2D eigenvalue weighted by molar-refractivity contribution is 0.934. The highest BCUT2D eigenvalue weighted by Crippen LogP contribution is 2.24. The highest BCUT2D eigenvalue weighted by molar-refractivity contribution is 6.13. The predicted octanol–water partition coefficient (Wildman–Crippen LogP) is 4.14. The number of nitrogens with zero attached hydrogens (tertiary/aromatic N) is 5. The van der Waals surface area contributed by atoms with Crippen LogP contribution in [0.4, 0.5) is 5.82 Å². The lowest BCUT2D eigenvalue weighted by atomic mass is 10.0. The highest BCUT2D eigenvalue weighted by Gasteiger charge is 2.11. The van der Waals surface area contributed by atoms with E-state index in [-0.39, 0.29) is 0 Å². The maximum absolute atomic E-state index is 4.73. The Morgan fingerprint density at radius 2 is 1.36 bits per heavy atom. The zero-order valence-corrected chi connectivity index (χ0v) is 14.9. The van der Waals surface area contributed by atoms with E-state index >= 15 is 0 Å². The minimum Gasteiger partial charge on any atom is -0.259 e. The van der Waals surface area contributed by atoms with E-state index in [1.807, 2.05) is 84.9 Å². The molecule has 134 valence electrons. The number of rotatable bonds is 4. The van der Waals surface area contributed by atoms with Gasteiger partial charge in [0.1, 0.15) is 6.33 Å². The van der Waals surface area contributed by atoms with Crippen LogP contribution in [0.1, 0.15) is 11.1 Å². The van der Waals surface area contributed by atoms with Gasteiger partial charge in [-0.3, -0.25) is 5.43 Å². The second kappa shape index (κ2) is 6.92. The van der Waals surface area contributed by atoms with Gasteiger partial charge in [0.25, 0.3) is 0 Å². The van der Waals surface area contributed by atoms with E-state index < -0.39 is 0 Å². The summed E-state index contributed by atoms with van der Waals surface area (Å²) in [6.07, 6.45) is 1.59. The van der Waals surface area contributed by atoms with Crippen molar-refractivity contribution in [2.45, 2.75) is 0 Å². The van der Waals surface area contributed by atoms with Crippen molar-refractivity contribution < 1.29 is 0 Å². The van der Waals surface area contributed by atoms with Gasteiger partial charge in [0.05, 0.1) is 5.71 Å².